The zero-order chi connectivity index (χ0) is 10.4. The van der Waals surface area contributed by atoms with E-state index in [9.17, 15) is 0 Å². The first kappa shape index (κ1) is 11.5. The molecular weight excluding hydrogens is 246 g/mol. The fourth-order valence-corrected chi connectivity index (χ4v) is 1.26. The van der Waals surface area contributed by atoms with Gasteiger partial charge >= 0.3 is 0 Å². The number of nitrogens with two attached hydrogens (primary N) is 1. The van der Waals surface area contributed by atoms with Gasteiger partial charge in [-0.2, -0.15) is 0 Å². The lowest BCUT2D eigenvalue weighted by Gasteiger charge is -2.05. The molecule has 1 aromatic rings. The van der Waals surface area contributed by atoms with Crippen LogP contribution in [0.2, 0.25) is 0 Å². The Balaban J connectivity index is 2.39. The number of anilines is 1. The van der Waals surface area contributed by atoms with Crippen molar-refractivity contribution >= 4 is 21.6 Å². The maximum absolute atomic E-state index is 5.72. The zero-order valence-corrected chi connectivity index (χ0v) is 9.71. The van der Waals surface area contributed by atoms with E-state index in [-0.39, 0.29) is 0 Å². The Labute approximate surface area is 92.3 Å². The van der Waals surface area contributed by atoms with Gasteiger partial charge in [0.15, 0.2) is 0 Å². The molecular formula is C10H14BrNO2. The molecule has 0 aliphatic heterocycles. The highest BCUT2D eigenvalue weighted by Crippen LogP contribution is 2.20. The highest BCUT2D eigenvalue weighted by molar-refractivity contribution is 9.10. The predicted octanol–water partition coefficient (Wildman–Crippen LogP) is 2.19. The number of halogens is 1. The standard InChI is InChI=1S/C10H14BrNO2/c1-13-4-5-14-7-8-2-3-9(11)10(12)6-8/h2-3,6H,4-5,7,12H2,1H3. The minimum Gasteiger partial charge on any atom is -0.398 e. The Hall–Kier alpha value is -0.580. The van der Waals surface area contributed by atoms with E-state index in [1.165, 1.54) is 0 Å². The second-order valence-corrected chi connectivity index (χ2v) is 3.76. The van der Waals surface area contributed by atoms with Gasteiger partial charge in [0.05, 0.1) is 19.8 Å². The van der Waals surface area contributed by atoms with Crippen molar-refractivity contribution in [1.82, 2.24) is 0 Å². The first-order valence-corrected chi connectivity index (χ1v) is 5.14. The average molecular weight is 260 g/mol. The molecule has 0 unspecified atom stereocenters. The van der Waals surface area contributed by atoms with Crippen LogP contribution in [-0.2, 0) is 16.1 Å². The van der Waals surface area contributed by atoms with Gasteiger partial charge in [-0.25, -0.2) is 0 Å². The third-order valence-electron chi connectivity index (χ3n) is 1.76. The van der Waals surface area contributed by atoms with Crippen LogP contribution in [0.25, 0.3) is 0 Å². The van der Waals surface area contributed by atoms with E-state index >= 15 is 0 Å². The first-order chi connectivity index (χ1) is 6.74. The number of hydrogen-bond acceptors (Lipinski definition) is 3. The molecule has 1 aromatic carbocycles. The minimum atomic E-state index is 0.570. The molecule has 4 heteroatoms. The molecule has 0 aromatic heterocycles. The Morgan fingerprint density at radius 3 is 2.79 bits per heavy atom. The van der Waals surface area contributed by atoms with Crippen LogP contribution in [0.1, 0.15) is 5.56 Å². The maximum atomic E-state index is 5.72. The highest BCUT2D eigenvalue weighted by atomic mass is 79.9. The first-order valence-electron chi connectivity index (χ1n) is 4.34. The third-order valence-corrected chi connectivity index (χ3v) is 2.48. The minimum absolute atomic E-state index is 0.570. The molecule has 2 N–H and O–H groups in total. The van der Waals surface area contributed by atoms with Crippen LogP contribution in [0.15, 0.2) is 22.7 Å². The molecule has 0 bridgehead atoms. The van der Waals surface area contributed by atoms with Gasteiger partial charge in [-0.15, -0.1) is 0 Å². The molecule has 0 spiro atoms. The van der Waals surface area contributed by atoms with Gasteiger partial charge in [0.2, 0.25) is 0 Å². The smallest absolute Gasteiger partial charge is 0.0718 e. The molecule has 14 heavy (non-hydrogen) atoms. The SMILES string of the molecule is COCCOCc1ccc(Br)c(N)c1. The number of benzene rings is 1. The number of hydrogen-bond donors (Lipinski definition) is 1. The fraction of sp³-hybridized carbons (Fsp3) is 0.400. The lowest BCUT2D eigenvalue weighted by molar-refractivity contribution is 0.0617. The van der Waals surface area contributed by atoms with Crippen LogP contribution < -0.4 is 5.73 Å². The van der Waals surface area contributed by atoms with E-state index in [1.807, 2.05) is 18.2 Å². The van der Waals surface area contributed by atoms with E-state index in [2.05, 4.69) is 15.9 Å². The summed E-state index contributed by atoms with van der Waals surface area (Å²) in [7, 11) is 1.65. The molecule has 0 amide bonds. The third kappa shape index (κ3) is 3.65. The van der Waals surface area contributed by atoms with Gasteiger partial charge in [-0.05, 0) is 33.6 Å². The highest BCUT2D eigenvalue weighted by Gasteiger charge is 1.97. The summed E-state index contributed by atoms with van der Waals surface area (Å²) >= 11 is 3.34. The number of methoxy groups -OCH3 is 1. The Bertz CT molecular complexity index is 291. The predicted molar refractivity (Wildman–Crippen MR) is 60.1 cm³/mol. The summed E-state index contributed by atoms with van der Waals surface area (Å²) in [5.41, 5.74) is 7.53. The Morgan fingerprint density at radius 1 is 1.36 bits per heavy atom. The van der Waals surface area contributed by atoms with E-state index in [4.69, 9.17) is 15.2 Å². The van der Waals surface area contributed by atoms with Gasteiger partial charge in [0, 0.05) is 17.3 Å². The summed E-state index contributed by atoms with van der Waals surface area (Å²) in [4.78, 5) is 0. The van der Waals surface area contributed by atoms with Crippen LogP contribution in [-0.4, -0.2) is 20.3 Å². The number of rotatable bonds is 5. The summed E-state index contributed by atoms with van der Waals surface area (Å²) in [5, 5.41) is 0. The summed E-state index contributed by atoms with van der Waals surface area (Å²) in [6.07, 6.45) is 0. The summed E-state index contributed by atoms with van der Waals surface area (Å²) in [5.74, 6) is 0. The fourth-order valence-electron chi connectivity index (χ4n) is 1.02. The Kier molecular flexibility index (Phi) is 4.93. The number of nitrogen functional groups attached to an aromatic ring is 1. The monoisotopic (exact) mass is 259 g/mol. The molecule has 0 heterocycles. The number of ether oxygens (including phenoxy) is 2. The molecule has 0 aliphatic carbocycles. The van der Waals surface area contributed by atoms with Gasteiger partial charge in [-0.3, -0.25) is 0 Å². The largest absolute Gasteiger partial charge is 0.398 e. The van der Waals surface area contributed by atoms with Crippen LogP contribution >= 0.6 is 15.9 Å². The van der Waals surface area contributed by atoms with Crippen molar-refractivity contribution in [1.29, 1.82) is 0 Å². The lowest BCUT2D eigenvalue weighted by atomic mass is 10.2. The summed E-state index contributed by atoms with van der Waals surface area (Å²) < 4.78 is 11.1. The van der Waals surface area contributed by atoms with Crippen molar-refractivity contribution in [2.45, 2.75) is 6.61 Å². The van der Waals surface area contributed by atoms with Crippen LogP contribution in [0.5, 0.6) is 0 Å². The Morgan fingerprint density at radius 2 is 2.14 bits per heavy atom. The van der Waals surface area contributed by atoms with E-state index in [0.717, 1.165) is 15.7 Å². The molecule has 0 fully saturated rings. The van der Waals surface area contributed by atoms with Crippen LogP contribution in [0.3, 0.4) is 0 Å². The van der Waals surface area contributed by atoms with E-state index in [0.29, 0.717) is 19.8 Å². The zero-order valence-electron chi connectivity index (χ0n) is 8.13. The second-order valence-electron chi connectivity index (χ2n) is 2.90. The molecule has 0 saturated heterocycles. The van der Waals surface area contributed by atoms with Crippen molar-refractivity contribution in [3.05, 3.63) is 28.2 Å². The molecule has 0 radical (unpaired) electrons. The van der Waals surface area contributed by atoms with Crippen molar-refractivity contribution in [2.75, 3.05) is 26.1 Å². The molecule has 1 rings (SSSR count). The summed E-state index contributed by atoms with van der Waals surface area (Å²) in [6, 6.07) is 5.80. The van der Waals surface area contributed by atoms with Gasteiger partial charge in [0.1, 0.15) is 0 Å². The second kappa shape index (κ2) is 6.01. The van der Waals surface area contributed by atoms with Crippen molar-refractivity contribution < 1.29 is 9.47 Å². The molecule has 0 atom stereocenters. The summed E-state index contributed by atoms with van der Waals surface area (Å²) in [6.45, 7) is 1.79. The van der Waals surface area contributed by atoms with Crippen molar-refractivity contribution in [2.24, 2.45) is 0 Å². The topological polar surface area (TPSA) is 44.5 Å². The maximum Gasteiger partial charge on any atom is 0.0718 e. The van der Waals surface area contributed by atoms with E-state index < -0.39 is 0 Å². The van der Waals surface area contributed by atoms with Crippen molar-refractivity contribution in [3.63, 3.8) is 0 Å². The van der Waals surface area contributed by atoms with Gasteiger partial charge < -0.3 is 15.2 Å². The quantitative estimate of drug-likeness (QED) is 0.652. The molecule has 0 saturated carbocycles. The van der Waals surface area contributed by atoms with Crippen LogP contribution in [0, 0.1) is 0 Å². The van der Waals surface area contributed by atoms with Crippen LogP contribution in [0.4, 0.5) is 5.69 Å². The van der Waals surface area contributed by atoms with Crippen molar-refractivity contribution in [3.8, 4) is 0 Å². The van der Waals surface area contributed by atoms with E-state index in [1.54, 1.807) is 7.11 Å². The normalized spacial score (nSPS) is 10.4. The molecule has 78 valence electrons. The van der Waals surface area contributed by atoms with Gasteiger partial charge in [-0.1, -0.05) is 6.07 Å². The molecule has 0 aliphatic rings. The molecule has 3 nitrogen and oxygen atoms in total. The average Bonchev–Trinajstić information content (AvgIpc) is 2.18. The lowest BCUT2D eigenvalue weighted by Crippen LogP contribution is -2.02. The van der Waals surface area contributed by atoms with Gasteiger partial charge in [0.25, 0.3) is 0 Å².